The molecule has 0 amide bonds. The van der Waals surface area contributed by atoms with Crippen LogP contribution in [0.2, 0.25) is 0 Å². The number of esters is 1. The lowest BCUT2D eigenvalue weighted by atomic mass is 10.1. The van der Waals surface area contributed by atoms with Gasteiger partial charge in [0, 0.05) is 17.8 Å². The Hall–Kier alpha value is -1.85. The monoisotopic (exact) mass is 420 g/mol. The number of thioether (sulfide) groups is 1. The molecular formula is C24H33FO3S. The van der Waals surface area contributed by atoms with E-state index in [-0.39, 0.29) is 12.4 Å². The fraction of sp³-hybridized carbons (Fsp3) is 0.458. The van der Waals surface area contributed by atoms with Gasteiger partial charge in [0.25, 0.3) is 0 Å². The summed E-state index contributed by atoms with van der Waals surface area (Å²) in [5, 5.41) is 0. The highest BCUT2D eigenvalue weighted by Gasteiger charge is 2.14. The average molecular weight is 421 g/mol. The molecule has 0 aliphatic heterocycles. The highest BCUT2D eigenvalue weighted by atomic mass is 32.2. The minimum Gasteiger partial charge on any atom is -0.435 e. The van der Waals surface area contributed by atoms with Gasteiger partial charge in [0.2, 0.25) is 0 Å². The SMILES string of the molecule is COCOC(=O)c1cc(F)ccc1SCC=C(C)CCC=C(C)CCC=C(C)C. The number of hydrogen-bond donors (Lipinski definition) is 0. The molecule has 0 unspecified atom stereocenters. The van der Waals surface area contributed by atoms with Crippen LogP contribution in [0, 0.1) is 5.82 Å². The smallest absolute Gasteiger partial charge is 0.341 e. The first-order valence-electron chi connectivity index (χ1n) is 9.86. The van der Waals surface area contributed by atoms with E-state index >= 15 is 0 Å². The Morgan fingerprint density at radius 3 is 2.34 bits per heavy atom. The van der Waals surface area contributed by atoms with Gasteiger partial charge in [0.05, 0.1) is 5.56 Å². The second-order valence-corrected chi connectivity index (χ2v) is 8.31. The van der Waals surface area contributed by atoms with Crippen LogP contribution in [0.4, 0.5) is 4.39 Å². The van der Waals surface area contributed by atoms with Gasteiger partial charge in [-0.25, -0.2) is 9.18 Å². The third kappa shape index (κ3) is 11.1. The van der Waals surface area contributed by atoms with Crippen LogP contribution < -0.4 is 0 Å². The van der Waals surface area contributed by atoms with Crippen LogP contribution in [0.5, 0.6) is 0 Å². The summed E-state index contributed by atoms with van der Waals surface area (Å²) in [5.41, 5.74) is 4.32. The van der Waals surface area contributed by atoms with Crippen LogP contribution in [0.15, 0.2) is 58.0 Å². The van der Waals surface area contributed by atoms with Crippen molar-refractivity contribution < 1.29 is 18.7 Å². The van der Waals surface area contributed by atoms with E-state index in [0.29, 0.717) is 10.6 Å². The molecule has 0 spiro atoms. The van der Waals surface area contributed by atoms with Crippen molar-refractivity contribution in [1.29, 1.82) is 0 Å². The van der Waals surface area contributed by atoms with Crippen molar-refractivity contribution in [1.82, 2.24) is 0 Å². The second kappa shape index (κ2) is 14.2. The quantitative estimate of drug-likeness (QED) is 0.156. The molecule has 0 bridgehead atoms. The molecule has 0 aliphatic carbocycles. The zero-order valence-corrected chi connectivity index (χ0v) is 19.0. The first-order chi connectivity index (χ1) is 13.8. The Bertz CT molecular complexity index is 746. The number of hydrogen-bond acceptors (Lipinski definition) is 4. The van der Waals surface area contributed by atoms with E-state index < -0.39 is 11.8 Å². The third-order valence-electron chi connectivity index (χ3n) is 4.26. The van der Waals surface area contributed by atoms with Crippen LogP contribution in [0.3, 0.4) is 0 Å². The minimum atomic E-state index is -0.580. The van der Waals surface area contributed by atoms with Gasteiger partial charge in [-0.3, -0.25) is 0 Å². The van der Waals surface area contributed by atoms with Gasteiger partial charge < -0.3 is 9.47 Å². The van der Waals surface area contributed by atoms with Crippen LogP contribution in [-0.4, -0.2) is 25.6 Å². The van der Waals surface area contributed by atoms with E-state index in [2.05, 4.69) is 45.9 Å². The standard InChI is InChI=1S/C24H33FO3S/c1-18(2)8-6-9-19(3)10-7-11-20(4)14-15-29-23-13-12-21(25)16-22(23)24(26)28-17-27-5/h8,10,12-14,16H,6-7,9,11,15,17H2,1-5H3. The Labute approximate surface area is 179 Å². The Morgan fingerprint density at radius 1 is 1.03 bits per heavy atom. The topological polar surface area (TPSA) is 35.5 Å². The molecule has 1 rings (SSSR count). The predicted molar refractivity (Wildman–Crippen MR) is 120 cm³/mol. The van der Waals surface area contributed by atoms with E-state index in [1.54, 1.807) is 6.07 Å². The molecule has 0 saturated heterocycles. The largest absolute Gasteiger partial charge is 0.435 e. The maximum Gasteiger partial charge on any atom is 0.341 e. The second-order valence-electron chi connectivity index (χ2n) is 7.25. The molecule has 3 nitrogen and oxygen atoms in total. The Balaban J connectivity index is 2.53. The van der Waals surface area contributed by atoms with Gasteiger partial charge in [-0.2, -0.15) is 0 Å². The van der Waals surface area contributed by atoms with Crippen molar-refractivity contribution >= 4 is 17.7 Å². The van der Waals surface area contributed by atoms with Crippen molar-refractivity contribution in [3.8, 4) is 0 Å². The van der Waals surface area contributed by atoms with E-state index in [1.807, 2.05) is 0 Å². The first kappa shape index (κ1) is 25.2. The average Bonchev–Trinajstić information content (AvgIpc) is 2.66. The molecule has 0 aliphatic rings. The van der Waals surface area contributed by atoms with Crippen molar-refractivity contribution in [2.75, 3.05) is 19.7 Å². The number of methoxy groups -OCH3 is 1. The highest BCUT2D eigenvalue weighted by molar-refractivity contribution is 7.99. The molecule has 0 aromatic heterocycles. The van der Waals surface area contributed by atoms with Crippen molar-refractivity contribution in [3.05, 3.63) is 64.5 Å². The molecule has 0 atom stereocenters. The number of ether oxygens (including phenoxy) is 2. The van der Waals surface area contributed by atoms with Crippen LogP contribution >= 0.6 is 11.8 Å². The maximum atomic E-state index is 13.5. The van der Waals surface area contributed by atoms with Gasteiger partial charge >= 0.3 is 5.97 Å². The number of carbonyl (C=O) groups excluding carboxylic acids is 1. The van der Waals surface area contributed by atoms with Gasteiger partial charge in [-0.1, -0.05) is 34.9 Å². The lowest BCUT2D eigenvalue weighted by molar-refractivity contribution is -0.0128. The summed E-state index contributed by atoms with van der Waals surface area (Å²) in [6.07, 6.45) is 11.0. The highest BCUT2D eigenvalue weighted by Crippen LogP contribution is 2.25. The summed E-state index contributed by atoms with van der Waals surface area (Å²) in [4.78, 5) is 12.8. The molecule has 0 N–H and O–H groups in total. The number of halogens is 1. The summed E-state index contributed by atoms with van der Waals surface area (Å²) >= 11 is 1.49. The summed E-state index contributed by atoms with van der Waals surface area (Å²) in [6.45, 7) is 8.41. The predicted octanol–water partition coefficient (Wildman–Crippen LogP) is 7.10. The van der Waals surface area contributed by atoms with Gasteiger partial charge in [-0.05, 0) is 71.6 Å². The van der Waals surface area contributed by atoms with Crippen LogP contribution in [-0.2, 0) is 9.47 Å². The zero-order chi connectivity index (χ0) is 21.6. The van der Waals surface area contributed by atoms with E-state index in [1.165, 1.54) is 47.7 Å². The first-order valence-corrected chi connectivity index (χ1v) is 10.8. The zero-order valence-electron chi connectivity index (χ0n) is 18.2. The molecule has 0 heterocycles. The fourth-order valence-corrected chi connectivity index (χ4v) is 3.60. The van der Waals surface area contributed by atoms with Crippen molar-refractivity contribution in [2.24, 2.45) is 0 Å². The number of benzene rings is 1. The lowest BCUT2D eigenvalue weighted by Gasteiger charge is -2.08. The number of rotatable bonds is 12. The molecule has 1 aromatic carbocycles. The molecule has 0 saturated carbocycles. The normalized spacial score (nSPS) is 12.1. The van der Waals surface area contributed by atoms with Gasteiger partial charge in [0.1, 0.15) is 5.82 Å². The molecule has 0 fully saturated rings. The molecular weight excluding hydrogens is 387 g/mol. The van der Waals surface area contributed by atoms with Gasteiger partial charge in [0.15, 0.2) is 6.79 Å². The molecule has 160 valence electrons. The summed E-state index contributed by atoms with van der Waals surface area (Å²) in [7, 11) is 1.43. The molecule has 1 aromatic rings. The maximum absolute atomic E-state index is 13.5. The summed E-state index contributed by atoms with van der Waals surface area (Å²) in [5.74, 6) is -0.328. The van der Waals surface area contributed by atoms with E-state index in [4.69, 9.17) is 9.47 Å². The Morgan fingerprint density at radius 2 is 1.69 bits per heavy atom. The molecule has 29 heavy (non-hydrogen) atoms. The van der Waals surface area contributed by atoms with E-state index in [9.17, 15) is 9.18 Å². The fourth-order valence-electron chi connectivity index (χ4n) is 2.59. The number of allylic oxidation sites excluding steroid dienone is 5. The molecule has 5 heteroatoms. The van der Waals surface area contributed by atoms with E-state index in [0.717, 1.165) is 25.7 Å². The number of carbonyl (C=O) groups is 1. The molecule has 0 radical (unpaired) electrons. The lowest BCUT2D eigenvalue weighted by Crippen LogP contribution is -2.09. The van der Waals surface area contributed by atoms with Gasteiger partial charge in [-0.15, -0.1) is 11.8 Å². The van der Waals surface area contributed by atoms with Crippen LogP contribution in [0.1, 0.15) is 63.7 Å². The minimum absolute atomic E-state index is 0.153. The van der Waals surface area contributed by atoms with Crippen molar-refractivity contribution in [3.63, 3.8) is 0 Å². The third-order valence-corrected chi connectivity index (χ3v) is 5.26. The van der Waals surface area contributed by atoms with Crippen molar-refractivity contribution in [2.45, 2.75) is 58.3 Å². The summed E-state index contributed by atoms with van der Waals surface area (Å²) in [6, 6.07) is 4.18. The Kier molecular flexibility index (Phi) is 12.3. The summed E-state index contributed by atoms with van der Waals surface area (Å²) < 4.78 is 23.2. The van der Waals surface area contributed by atoms with Crippen LogP contribution in [0.25, 0.3) is 0 Å².